The summed E-state index contributed by atoms with van der Waals surface area (Å²) in [6, 6.07) is 11.2. The van der Waals surface area contributed by atoms with E-state index in [-0.39, 0.29) is 12.5 Å². The molecule has 1 unspecified atom stereocenters. The van der Waals surface area contributed by atoms with Gasteiger partial charge >= 0.3 is 6.03 Å². The van der Waals surface area contributed by atoms with Crippen molar-refractivity contribution in [2.24, 2.45) is 0 Å². The van der Waals surface area contributed by atoms with Crippen LogP contribution < -0.4 is 4.90 Å². The molecule has 2 heterocycles. The van der Waals surface area contributed by atoms with E-state index in [4.69, 9.17) is 16.0 Å². The van der Waals surface area contributed by atoms with E-state index in [1.54, 1.807) is 31.2 Å². The number of carbonyl (C=O) groups excluding carboxylic acids is 2. The van der Waals surface area contributed by atoms with Gasteiger partial charge in [0.25, 0.3) is 5.91 Å². The Morgan fingerprint density at radius 3 is 2.46 bits per heavy atom. The van der Waals surface area contributed by atoms with Crippen LogP contribution in [0.4, 0.5) is 14.9 Å². The second-order valence-electron chi connectivity index (χ2n) is 6.38. The van der Waals surface area contributed by atoms with Gasteiger partial charge in [-0.1, -0.05) is 11.6 Å². The third-order valence-corrected chi connectivity index (χ3v) is 4.77. The summed E-state index contributed by atoms with van der Waals surface area (Å²) in [6.07, 6.45) is 1.41. The van der Waals surface area contributed by atoms with Gasteiger partial charge in [0.2, 0.25) is 5.89 Å². The normalized spacial score (nSPS) is 16.9. The molecule has 0 N–H and O–H groups in total. The maximum Gasteiger partial charge on any atom is 0.332 e. The van der Waals surface area contributed by atoms with Crippen LogP contribution in [0, 0.1) is 5.82 Å². The third-order valence-electron chi connectivity index (χ3n) is 4.52. The second-order valence-corrected chi connectivity index (χ2v) is 6.82. The molecular formula is C20H15ClFN3O3. The minimum absolute atomic E-state index is 0.0171. The van der Waals surface area contributed by atoms with Gasteiger partial charge in [-0.25, -0.2) is 14.2 Å². The van der Waals surface area contributed by atoms with Crippen LogP contribution >= 0.6 is 11.6 Å². The zero-order valence-electron chi connectivity index (χ0n) is 14.8. The molecule has 1 aliphatic heterocycles. The van der Waals surface area contributed by atoms with Gasteiger partial charge in [-0.15, -0.1) is 0 Å². The van der Waals surface area contributed by atoms with Crippen LogP contribution in [0.25, 0.3) is 11.5 Å². The maximum absolute atomic E-state index is 13.2. The molecule has 0 aliphatic carbocycles. The first kappa shape index (κ1) is 18.2. The number of carbonyl (C=O) groups is 2. The number of benzene rings is 2. The number of oxazole rings is 1. The van der Waals surface area contributed by atoms with Gasteiger partial charge in [-0.05, 0) is 55.5 Å². The topological polar surface area (TPSA) is 66.7 Å². The van der Waals surface area contributed by atoms with Crippen LogP contribution in [0.5, 0.6) is 0 Å². The van der Waals surface area contributed by atoms with E-state index in [0.29, 0.717) is 22.3 Å². The van der Waals surface area contributed by atoms with E-state index in [9.17, 15) is 14.0 Å². The van der Waals surface area contributed by atoms with Crippen LogP contribution in [0.2, 0.25) is 5.02 Å². The summed E-state index contributed by atoms with van der Waals surface area (Å²) >= 11 is 5.88. The number of urea groups is 1. The van der Waals surface area contributed by atoms with E-state index >= 15 is 0 Å². The highest BCUT2D eigenvalue weighted by Gasteiger charge is 2.43. The number of nitrogens with zero attached hydrogens (tertiary/aromatic N) is 3. The standard InChI is InChI=1S/C20H15ClFN3O3/c1-12-19(26)24(20(27)25(12)17-8-6-15(22)7-9-17)10-16-11-28-18(23-16)13-2-4-14(21)5-3-13/h2-9,11-12H,10H2,1H3. The van der Waals surface area contributed by atoms with Gasteiger partial charge in [0.15, 0.2) is 0 Å². The Morgan fingerprint density at radius 2 is 1.79 bits per heavy atom. The second kappa shape index (κ2) is 7.09. The van der Waals surface area contributed by atoms with Gasteiger partial charge in [0, 0.05) is 16.3 Å². The van der Waals surface area contributed by atoms with Crippen molar-refractivity contribution >= 4 is 29.2 Å². The van der Waals surface area contributed by atoms with E-state index < -0.39 is 17.9 Å². The van der Waals surface area contributed by atoms with E-state index in [1.807, 2.05) is 0 Å². The molecule has 6 nitrogen and oxygen atoms in total. The van der Waals surface area contributed by atoms with Crippen LogP contribution in [0.3, 0.4) is 0 Å². The monoisotopic (exact) mass is 399 g/mol. The highest BCUT2D eigenvalue weighted by atomic mass is 35.5. The Balaban J connectivity index is 1.55. The van der Waals surface area contributed by atoms with Gasteiger partial charge < -0.3 is 4.42 Å². The van der Waals surface area contributed by atoms with Crippen molar-refractivity contribution in [3.05, 3.63) is 71.3 Å². The van der Waals surface area contributed by atoms with Crippen molar-refractivity contribution in [1.82, 2.24) is 9.88 Å². The highest BCUT2D eigenvalue weighted by molar-refractivity contribution is 6.30. The molecule has 1 aliphatic rings. The summed E-state index contributed by atoms with van der Waals surface area (Å²) < 4.78 is 18.6. The van der Waals surface area contributed by atoms with Crippen molar-refractivity contribution in [3.8, 4) is 11.5 Å². The predicted octanol–water partition coefficient (Wildman–Crippen LogP) is 4.49. The van der Waals surface area contributed by atoms with Crippen LogP contribution in [-0.2, 0) is 11.3 Å². The van der Waals surface area contributed by atoms with E-state index in [1.165, 1.54) is 35.4 Å². The first-order valence-corrected chi connectivity index (χ1v) is 8.92. The van der Waals surface area contributed by atoms with Crippen molar-refractivity contribution in [2.75, 3.05) is 4.90 Å². The molecule has 2 aromatic carbocycles. The van der Waals surface area contributed by atoms with Crippen molar-refractivity contribution in [3.63, 3.8) is 0 Å². The van der Waals surface area contributed by atoms with Gasteiger partial charge in [0.05, 0.1) is 12.2 Å². The Bertz CT molecular complexity index is 1030. The fraction of sp³-hybridized carbons (Fsp3) is 0.150. The molecule has 3 aromatic rings. The minimum Gasteiger partial charge on any atom is -0.444 e. The minimum atomic E-state index is -0.694. The number of amides is 3. The first-order chi connectivity index (χ1) is 13.4. The number of anilines is 1. The first-order valence-electron chi connectivity index (χ1n) is 8.54. The zero-order valence-corrected chi connectivity index (χ0v) is 15.6. The van der Waals surface area contributed by atoms with Crippen molar-refractivity contribution in [2.45, 2.75) is 19.5 Å². The molecule has 0 saturated carbocycles. The number of hydrogen-bond acceptors (Lipinski definition) is 4. The molecule has 0 bridgehead atoms. The average Bonchev–Trinajstić information content (AvgIpc) is 3.23. The molecular weight excluding hydrogens is 385 g/mol. The molecule has 1 fully saturated rings. The lowest BCUT2D eigenvalue weighted by molar-refractivity contribution is -0.127. The van der Waals surface area contributed by atoms with Gasteiger partial charge in [-0.2, -0.15) is 0 Å². The SMILES string of the molecule is CC1C(=O)N(Cc2coc(-c3ccc(Cl)cc3)n2)C(=O)N1c1ccc(F)cc1. The summed E-state index contributed by atoms with van der Waals surface area (Å²) in [5.41, 5.74) is 1.63. The third kappa shape index (κ3) is 3.25. The smallest absolute Gasteiger partial charge is 0.332 e. The lowest BCUT2D eigenvalue weighted by Crippen LogP contribution is -2.33. The molecule has 1 atom stereocenters. The molecule has 1 saturated heterocycles. The predicted molar refractivity (Wildman–Crippen MR) is 101 cm³/mol. The Labute approximate surface area is 165 Å². The molecule has 1 aromatic heterocycles. The summed E-state index contributed by atoms with van der Waals surface area (Å²) in [6.45, 7) is 1.61. The fourth-order valence-electron chi connectivity index (χ4n) is 3.07. The summed E-state index contributed by atoms with van der Waals surface area (Å²) in [4.78, 5) is 32.2. The molecule has 8 heteroatoms. The van der Waals surface area contributed by atoms with Crippen LogP contribution in [-0.4, -0.2) is 27.9 Å². The largest absolute Gasteiger partial charge is 0.444 e. The lowest BCUT2D eigenvalue weighted by Gasteiger charge is -2.19. The van der Waals surface area contributed by atoms with Gasteiger partial charge in [-0.3, -0.25) is 14.6 Å². The highest BCUT2D eigenvalue weighted by Crippen LogP contribution is 2.28. The summed E-state index contributed by atoms with van der Waals surface area (Å²) in [7, 11) is 0. The molecule has 0 radical (unpaired) electrons. The van der Waals surface area contributed by atoms with Crippen LogP contribution in [0.15, 0.2) is 59.2 Å². The Hall–Kier alpha value is -3.19. The number of halogens is 2. The molecule has 0 spiro atoms. The molecule has 3 amide bonds. The summed E-state index contributed by atoms with van der Waals surface area (Å²) in [5, 5.41) is 0.596. The van der Waals surface area contributed by atoms with Crippen LogP contribution in [0.1, 0.15) is 12.6 Å². The number of rotatable bonds is 4. The van der Waals surface area contributed by atoms with Crippen molar-refractivity contribution < 1.29 is 18.4 Å². The number of imide groups is 1. The number of hydrogen-bond donors (Lipinski definition) is 0. The van der Waals surface area contributed by atoms with Gasteiger partial charge in [0.1, 0.15) is 18.1 Å². The number of aromatic nitrogens is 1. The fourth-order valence-corrected chi connectivity index (χ4v) is 3.20. The maximum atomic E-state index is 13.2. The Kier molecular flexibility index (Phi) is 4.60. The zero-order chi connectivity index (χ0) is 19.8. The quantitative estimate of drug-likeness (QED) is 0.606. The molecule has 4 rings (SSSR count). The average molecular weight is 400 g/mol. The lowest BCUT2D eigenvalue weighted by atomic mass is 10.2. The summed E-state index contributed by atoms with van der Waals surface area (Å²) in [5.74, 6) is -0.400. The van der Waals surface area contributed by atoms with Crippen molar-refractivity contribution in [1.29, 1.82) is 0 Å². The van der Waals surface area contributed by atoms with E-state index in [0.717, 1.165) is 10.5 Å². The molecule has 28 heavy (non-hydrogen) atoms. The van der Waals surface area contributed by atoms with E-state index in [2.05, 4.69) is 4.98 Å². The Morgan fingerprint density at radius 1 is 1.11 bits per heavy atom. The molecule has 142 valence electrons.